The van der Waals surface area contributed by atoms with Gasteiger partial charge in [-0.3, -0.25) is 4.98 Å². The molecule has 3 nitrogen and oxygen atoms in total. The minimum Gasteiger partial charge on any atom is -0.322 e. The van der Waals surface area contributed by atoms with Gasteiger partial charge in [-0.05, 0) is 30.5 Å². The van der Waals surface area contributed by atoms with Gasteiger partial charge in [-0.25, -0.2) is 4.98 Å². The lowest BCUT2D eigenvalue weighted by atomic mass is 10.2. The summed E-state index contributed by atoms with van der Waals surface area (Å²) in [4.78, 5) is 8.98. The minimum absolute atomic E-state index is 1.00. The largest absolute Gasteiger partial charge is 0.322 e. The van der Waals surface area contributed by atoms with Gasteiger partial charge in [0.05, 0.1) is 16.6 Å². The summed E-state index contributed by atoms with van der Waals surface area (Å²) in [5, 5.41) is 2.15. The van der Waals surface area contributed by atoms with Crippen LogP contribution in [0, 0.1) is 0 Å². The zero-order valence-electron chi connectivity index (χ0n) is 9.14. The summed E-state index contributed by atoms with van der Waals surface area (Å²) in [5.74, 6) is 0. The Kier molecular flexibility index (Phi) is 2.11. The van der Waals surface area contributed by atoms with E-state index in [2.05, 4.69) is 26.7 Å². The Morgan fingerprint density at radius 3 is 2.94 bits per heavy atom. The van der Waals surface area contributed by atoms with Gasteiger partial charge in [0.15, 0.2) is 5.16 Å². The molecule has 0 aliphatic heterocycles. The zero-order chi connectivity index (χ0) is 11.1. The minimum atomic E-state index is 1.00. The normalized spacial score (nSPS) is 11.4. The van der Waals surface area contributed by atoms with Gasteiger partial charge in [-0.1, -0.05) is 11.8 Å². The summed E-state index contributed by atoms with van der Waals surface area (Å²) in [6, 6.07) is 8.15. The molecule has 0 aliphatic carbocycles. The van der Waals surface area contributed by atoms with Crippen LogP contribution in [0.5, 0.6) is 0 Å². The number of fused-ring (bicyclic) bond motifs is 3. The lowest BCUT2D eigenvalue weighted by Crippen LogP contribution is -1.88. The fraction of sp³-hybridized carbons (Fsp3) is 0.167. The number of aryl methyl sites for hydroxylation is 1. The number of hydrogen-bond donors (Lipinski definition) is 0. The van der Waals surface area contributed by atoms with E-state index >= 15 is 0 Å². The van der Waals surface area contributed by atoms with Gasteiger partial charge >= 0.3 is 0 Å². The third kappa shape index (κ3) is 1.23. The van der Waals surface area contributed by atoms with Crippen LogP contribution in [-0.4, -0.2) is 20.8 Å². The Morgan fingerprint density at radius 1 is 1.25 bits per heavy atom. The molecule has 3 rings (SSSR count). The number of imidazole rings is 1. The monoisotopic (exact) mass is 229 g/mol. The molecular formula is C12H11N3S. The average Bonchev–Trinajstić information content (AvgIpc) is 2.67. The standard InChI is InChI=1S/C12H11N3S/c1-15-10-6-5-9-8(4-3-7-13-9)11(10)14-12(15)16-2/h3-7H,1-2H3. The second kappa shape index (κ2) is 3.49. The first-order valence-corrected chi connectivity index (χ1v) is 6.28. The van der Waals surface area contributed by atoms with E-state index in [9.17, 15) is 0 Å². The molecule has 2 heterocycles. The van der Waals surface area contributed by atoms with E-state index < -0.39 is 0 Å². The second-order valence-electron chi connectivity index (χ2n) is 3.66. The first-order valence-electron chi connectivity index (χ1n) is 5.05. The summed E-state index contributed by atoms with van der Waals surface area (Å²) < 4.78 is 2.12. The lowest BCUT2D eigenvalue weighted by molar-refractivity contribution is 0.817. The van der Waals surface area contributed by atoms with Crippen LogP contribution in [-0.2, 0) is 7.05 Å². The number of hydrogen-bond acceptors (Lipinski definition) is 3. The molecule has 3 aromatic rings. The Labute approximate surface area is 97.5 Å². The third-order valence-electron chi connectivity index (χ3n) is 2.77. The number of thioether (sulfide) groups is 1. The number of nitrogens with zero attached hydrogens (tertiary/aromatic N) is 3. The molecule has 16 heavy (non-hydrogen) atoms. The first kappa shape index (κ1) is 9.66. The molecule has 2 aromatic heterocycles. The van der Waals surface area contributed by atoms with E-state index in [0.717, 1.165) is 27.1 Å². The van der Waals surface area contributed by atoms with E-state index in [4.69, 9.17) is 0 Å². The molecule has 1 aromatic carbocycles. The van der Waals surface area contributed by atoms with E-state index in [1.807, 2.05) is 31.6 Å². The quantitative estimate of drug-likeness (QED) is 0.601. The topological polar surface area (TPSA) is 30.7 Å². The predicted octanol–water partition coefficient (Wildman–Crippen LogP) is 2.84. The molecule has 0 atom stereocenters. The molecule has 80 valence electrons. The summed E-state index contributed by atoms with van der Waals surface area (Å²) in [7, 11) is 2.05. The predicted molar refractivity (Wildman–Crippen MR) is 67.8 cm³/mol. The van der Waals surface area contributed by atoms with E-state index in [1.165, 1.54) is 0 Å². The highest BCUT2D eigenvalue weighted by molar-refractivity contribution is 7.98. The van der Waals surface area contributed by atoms with Crippen molar-refractivity contribution in [3.8, 4) is 0 Å². The Morgan fingerprint density at radius 2 is 2.12 bits per heavy atom. The smallest absolute Gasteiger partial charge is 0.168 e. The number of pyridine rings is 1. The van der Waals surface area contributed by atoms with Gasteiger partial charge in [0, 0.05) is 18.6 Å². The summed E-state index contributed by atoms with van der Waals surface area (Å²) in [5.41, 5.74) is 3.20. The maximum absolute atomic E-state index is 4.64. The number of aromatic nitrogens is 3. The molecule has 0 radical (unpaired) electrons. The van der Waals surface area contributed by atoms with Crippen LogP contribution >= 0.6 is 11.8 Å². The van der Waals surface area contributed by atoms with Gasteiger partial charge in [-0.15, -0.1) is 0 Å². The average molecular weight is 229 g/mol. The Balaban J connectivity index is 2.51. The Bertz CT molecular complexity index is 672. The molecule has 0 saturated heterocycles. The number of rotatable bonds is 1. The highest BCUT2D eigenvalue weighted by Crippen LogP contribution is 2.26. The maximum atomic E-state index is 4.64. The Hall–Kier alpha value is -1.55. The van der Waals surface area contributed by atoms with Crippen molar-refractivity contribution in [1.29, 1.82) is 0 Å². The van der Waals surface area contributed by atoms with Gasteiger partial charge in [0.25, 0.3) is 0 Å². The molecule has 0 amide bonds. The SMILES string of the molecule is CSc1nc2c3cccnc3ccc2n1C. The van der Waals surface area contributed by atoms with Crippen molar-refractivity contribution < 1.29 is 0 Å². The van der Waals surface area contributed by atoms with Crippen LogP contribution in [0.2, 0.25) is 0 Å². The summed E-state index contributed by atoms with van der Waals surface area (Å²) in [6.45, 7) is 0. The van der Waals surface area contributed by atoms with Crippen LogP contribution in [0.1, 0.15) is 0 Å². The van der Waals surface area contributed by atoms with Crippen molar-refractivity contribution in [2.75, 3.05) is 6.26 Å². The second-order valence-corrected chi connectivity index (χ2v) is 4.43. The van der Waals surface area contributed by atoms with Crippen molar-refractivity contribution >= 4 is 33.7 Å². The van der Waals surface area contributed by atoms with Crippen LogP contribution in [0.3, 0.4) is 0 Å². The van der Waals surface area contributed by atoms with Gasteiger partial charge in [0.2, 0.25) is 0 Å². The maximum Gasteiger partial charge on any atom is 0.168 e. The fourth-order valence-corrected chi connectivity index (χ4v) is 2.52. The van der Waals surface area contributed by atoms with E-state index in [-0.39, 0.29) is 0 Å². The molecule has 4 heteroatoms. The van der Waals surface area contributed by atoms with Crippen LogP contribution in [0.4, 0.5) is 0 Å². The lowest BCUT2D eigenvalue weighted by Gasteiger charge is -1.99. The molecule has 0 unspecified atom stereocenters. The van der Waals surface area contributed by atoms with Crippen LogP contribution < -0.4 is 0 Å². The van der Waals surface area contributed by atoms with Crippen molar-refractivity contribution in [3.05, 3.63) is 30.5 Å². The highest BCUT2D eigenvalue weighted by Gasteiger charge is 2.09. The summed E-state index contributed by atoms with van der Waals surface area (Å²) >= 11 is 1.66. The van der Waals surface area contributed by atoms with E-state index in [0.29, 0.717) is 0 Å². The van der Waals surface area contributed by atoms with Crippen molar-refractivity contribution in [3.63, 3.8) is 0 Å². The molecule has 0 N–H and O–H groups in total. The fourth-order valence-electron chi connectivity index (χ4n) is 1.97. The zero-order valence-corrected chi connectivity index (χ0v) is 9.95. The molecule has 0 aliphatic rings. The van der Waals surface area contributed by atoms with Gasteiger partial charge < -0.3 is 4.57 Å². The van der Waals surface area contributed by atoms with Gasteiger partial charge in [-0.2, -0.15) is 0 Å². The van der Waals surface area contributed by atoms with Crippen LogP contribution in [0.25, 0.3) is 21.9 Å². The van der Waals surface area contributed by atoms with E-state index in [1.54, 1.807) is 11.8 Å². The molecule has 0 bridgehead atoms. The highest BCUT2D eigenvalue weighted by atomic mass is 32.2. The van der Waals surface area contributed by atoms with Crippen molar-refractivity contribution in [2.45, 2.75) is 5.16 Å². The molecule has 0 fully saturated rings. The summed E-state index contributed by atoms with van der Waals surface area (Å²) in [6.07, 6.45) is 3.86. The van der Waals surface area contributed by atoms with Crippen LogP contribution in [0.15, 0.2) is 35.6 Å². The molecular weight excluding hydrogens is 218 g/mol. The number of benzene rings is 1. The molecule has 0 saturated carbocycles. The van der Waals surface area contributed by atoms with Crippen molar-refractivity contribution in [2.24, 2.45) is 7.05 Å². The molecule has 0 spiro atoms. The first-order chi connectivity index (χ1) is 7.81. The third-order valence-corrected chi connectivity index (χ3v) is 3.50. The van der Waals surface area contributed by atoms with Gasteiger partial charge in [0.1, 0.15) is 0 Å². The van der Waals surface area contributed by atoms with Crippen molar-refractivity contribution in [1.82, 2.24) is 14.5 Å².